The maximum absolute atomic E-state index is 12.5. The summed E-state index contributed by atoms with van der Waals surface area (Å²) in [5, 5.41) is 3.00. The van der Waals surface area contributed by atoms with Crippen LogP contribution >= 0.6 is 12.4 Å². The Morgan fingerprint density at radius 2 is 1.85 bits per heavy atom. The van der Waals surface area contributed by atoms with Crippen LogP contribution in [-0.2, 0) is 4.79 Å². The quantitative estimate of drug-likeness (QED) is 0.825. The molecule has 1 aliphatic carbocycles. The summed E-state index contributed by atoms with van der Waals surface area (Å²) in [5.74, 6) is 0.745. The number of nitrogens with two attached hydrogens (primary N) is 1. The third-order valence-corrected chi connectivity index (χ3v) is 5.10. The summed E-state index contributed by atoms with van der Waals surface area (Å²) in [6.45, 7) is 2.53. The van der Waals surface area contributed by atoms with E-state index in [0.717, 1.165) is 29.8 Å². The fourth-order valence-electron chi connectivity index (χ4n) is 3.59. The van der Waals surface area contributed by atoms with Crippen molar-refractivity contribution in [1.82, 2.24) is 9.97 Å². The standard InChI is InChI=1S/C20H26N4O.ClH/c1-15-9-12-22-19(23-15)16-5-7-17(8-6-16)24-18(25)13-20(14-21)10-3-2-4-11-20;/h5-9,12H,2-4,10-11,13-14,21H2,1H3,(H,24,25);1H. The van der Waals surface area contributed by atoms with Crippen LogP contribution in [0.3, 0.4) is 0 Å². The van der Waals surface area contributed by atoms with Gasteiger partial charge in [0, 0.05) is 29.6 Å². The van der Waals surface area contributed by atoms with E-state index in [9.17, 15) is 4.79 Å². The van der Waals surface area contributed by atoms with E-state index in [1.165, 1.54) is 19.3 Å². The van der Waals surface area contributed by atoms with Crippen LogP contribution in [0.1, 0.15) is 44.2 Å². The van der Waals surface area contributed by atoms with Crippen molar-refractivity contribution in [3.63, 3.8) is 0 Å². The SMILES string of the molecule is Cc1ccnc(-c2ccc(NC(=O)CC3(CN)CCCCC3)cc2)n1.Cl. The molecule has 0 aliphatic heterocycles. The zero-order chi connectivity index (χ0) is 17.7. The van der Waals surface area contributed by atoms with Crippen LogP contribution in [0.4, 0.5) is 5.69 Å². The summed E-state index contributed by atoms with van der Waals surface area (Å²) in [5.41, 5.74) is 8.63. The number of halogens is 1. The van der Waals surface area contributed by atoms with Gasteiger partial charge in [-0.2, -0.15) is 0 Å². The summed E-state index contributed by atoms with van der Waals surface area (Å²) >= 11 is 0. The summed E-state index contributed by atoms with van der Waals surface area (Å²) in [6, 6.07) is 9.54. The Bertz CT molecular complexity index is 727. The number of aromatic nitrogens is 2. The summed E-state index contributed by atoms with van der Waals surface area (Å²) in [6.07, 6.45) is 7.98. The first kappa shape index (κ1) is 20.3. The van der Waals surface area contributed by atoms with E-state index in [4.69, 9.17) is 5.73 Å². The molecule has 6 heteroatoms. The summed E-state index contributed by atoms with van der Waals surface area (Å²) in [7, 11) is 0. The van der Waals surface area contributed by atoms with Crippen LogP contribution in [0.5, 0.6) is 0 Å². The van der Waals surface area contributed by atoms with Gasteiger partial charge in [0.25, 0.3) is 0 Å². The molecule has 1 amide bonds. The number of rotatable bonds is 5. The second-order valence-corrected chi connectivity index (χ2v) is 7.09. The number of benzene rings is 1. The van der Waals surface area contributed by atoms with Crippen LogP contribution in [0.2, 0.25) is 0 Å². The van der Waals surface area contributed by atoms with Gasteiger partial charge in [-0.05, 0) is 62.1 Å². The van der Waals surface area contributed by atoms with Crippen molar-refractivity contribution >= 4 is 24.0 Å². The molecular formula is C20H27ClN4O. The number of carbonyl (C=O) groups is 1. The molecule has 1 heterocycles. The minimum Gasteiger partial charge on any atom is -0.330 e. The Kier molecular flexibility index (Phi) is 7.12. The lowest BCUT2D eigenvalue weighted by Gasteiger charge is -2.35. The van der Waals surface area contributed by atoms with Crippen molar-refractivity contribution in [2.24, 2.45) is 11.1 Å². The van der Waals surface area contributed by atoms with Crippen LogP contribution in [0.25, 0.3) is 11.4 Å². The molecule has 0 radical (unpaired) electrons. The zero-order valence-electron chi connectivity index (χ0n) is 15.2. The Balaban J connectivity index is 0.00000243. The normalized spacial score (nSPS) is 15.8. The molecule has 3 N–H and O–H groups in total. The lowest BCUT2D eigenvalue weighted by molar-refractivity contribution is -0.118. The summed E-state index contributed by atoms with van der Waals surface area (Å²) in [4.78, 5) is 21.2. The molecule has 0 saturated heterocycles. The van der Waals surface area contributed by atoms with Gasteiger partial charge < -0.3 is 11.1 Å². The Labute approximate surface area is 161 Å². The molecule has 0 bridgehead atoms. The predicted octanol–water partition coefficient (Wildman–Crippen LogP) is 4.11. The highest BCUT2D eigenvalue weighted by molar-refractivity contribution is 5.91. The maximum Gasteiger partial charge on any atom is 0.224 e. The first-order chi connectivity index (χ1) is 12.1. The number of carbonyl (C=O) groups excluding carboxylic acids is 1. The molecule has 0 unspecified atom stereocenters. The lowest BCUT2D eigenvalue weighted by atomic mass is 9.71. The number of amides is 1. The molecule has 0 atom stereocenters. The number of aryl methyl sites for hydroxylation is 1. The van der Waals surface area contributed by atoms with Crippen molar-refractivity contribution in [3.8, 4) is 11.4 Å². The van der Waals surface area contributed by atoms with Crippen LogP contribution < -0.4 is 11.1 Å². The van der Waals surface area contributed by atoms with Crippen molar-refractivity contribution in [2.45, 2.75) is 45.4 Å². The third kappa shape index (κ3) is 5.02. The molecule has 1 aromatic carbocycles. The van der Waals surface area contributed by atoms with E-state index in [0.29, 0.717) is 18.8 Å². The van der Waals surface area contributed by atoms with E-state index < -0.39 is 0 Å². The van der Waals surface area contributed by atoms with Crippen LogP contribution in [0, 0.1) is 12.3 Å². The molecule has 2 aromatic rings. The largest absolute Gasteiger partial charge is 0.330 e. The average Bonchev–Trinajstić information content (AvgIpc) is 2.63. The first-order valence-corrected chi connectivity index (χ1v) is 9.00. The second kappa shape index (κ2) is 9.10. The topological polar surface area (TPSA) is 80.9 Å². The fraction of sp³-hybridized carbons (Fsp3) is 0.450. The van der Waals surface area contributed by atoms with Crippen molar-refractivity contribution in [3.05, 3.63) is 42.2 Å². The Morgan fingerprint density at radius 3 is 2.46 bits per heavy atom. The van der Waals surface area contributed by atoms with Gasteiger partial charge in [0.15, 0.2) is 5.82 Å². The number of nitrogens with zero attached hydrogens (tertiary/aromatic N) is 2. The number of hydrogen-bond donors (Lipinski definition) is 2. The van der Waals surface area contributed by atoms with Crippen molar-refractivity contribution in [2.75, 3.05) is 11.9 Å². The monoisotopic (exact) mass is 374 g/mol. The van der Waals surface area contributed by atoms with Gasteiger partial charge in [-0.1, -0.05) is 19.3 Å². The molecule has 1 fully saturated rings. The average molecular weight is 375 g/mol. The molecule has 1 saturated carbocycles. The van der Waals surface area contributed by atoms with E-state index in [1.807, 2.05) is 37.3 Å². The molecular weight excluding hydrogens is 348 g/mol. The molecule has 140 valence electrons. The minimum absolute atomic E-state index is 0. The molecule has 0 spiro atoms. The molecule has 26 heavy (non-hydrogen) atoms. The minimum atomic E-state index is -0.0162. The van der Waals surface area contributed by atoms with Gasteiger partial charge in [0.1, 0.15) is 0 Å². The van der Waals surface area contributed by atoms with Gasteiger partial charge in [-0.25, -0.2) is 9.97 Å². The molecule has 1 aliphatic rings. The molecule has 3 rings (SSSR count). The number of hydrogen-bond acceptors (Lipinski definition) is 4. The van der Waals surface area contributed by atoms with Crippen molar-refractivity contribution < 1.29 is 4.79 Å². The fourth-order valence-corrected chi connectivity index (χ4v) is 3.59. The van der Waals surface area contributed by atoms with E-state index in [-0.39, 0.29) is 23.7 Å². The van der Waals surface area contributed by atoms with Gasteiger partial charge in [-0.15, -0.1) is 12.4 Å². The highest BCUT2D eigenvalue weighted by Gasteiger charge is 2.32. The zero-order valence-corrected chi connectivity index (χ0v) is 16.0. The smallest absolute Gasteiger partial charge is 0.224 e. The van der Waals surface area contributed by atoms with E-state index >= 15 is 0 Å². The van der Waals surface area contributed by atoms with E-state index in [1.54, 1.807) is 6.20 Å². The van der Waals surface area contributed by atoms with E-state index in [2.05, 4.69) is 15.3 Å². The second-order valence-electron chi connectivity index (χ2n) is 7.09. The summed E-state index contributed by atoms with van der Waals surface area (Å²) < 4.78 is 0. The third-order valence-electron chi connectivity index (χ3n) is 5.10. The number of nitrogens with one attached hydrogen (secondary N) is 1. The lowest BCUT2D eigenvalue weighted by Crippen LogP contribution is -2.36. The van der Waals surface area contributed by atoms with Gasteiger partial charge in [0.2, 0.25) is 5.91 Å². The van der Waals surface area contributed by atoms with Crippen molar-refractivity contribution in [1.29, 1.82) is 0 Å². The first-order valence-electron chi connectivity index (χ1n) is 9.00. The molecule has 1 aromatic heterocycles. The highest BCUT2D eigenvalue weighted by Crippen LogP contribution is 2.38. The molecule has 5 nitrogen and oxygen atoms in total. The van der Waals surface area contributed by atoms with Crippen LogP contribution in [-0.4, -0.2) is 22.4 Å². The van der Waals surface area contributed by atoms with Gasteiger partial charge in [0.05, 0.1) is 0 Å². The predicted molar refractivity (Wildman–Crippen MR) is 107 cm³/mol. The Morgan fingerprint density at radius 1 is 1.15 bits per heavy atom. The van der Waals surface area contributed by atoms with Gasteiger partial charge in [-0.3, -0.25) is 4.79 Å². The number of anilines is 1. The Hall–Kier alpha value is -1.98. The van der Waals surface area contributed by atoms with Gasteiger partial charge >= 0.3 is 0 Å². The van der Waals surface area contributed by atoms with Crippen LogP contribution in [0.15, 0.2) is 36.5 Å². The highest BCUT2D eigenvalue weighted by atomic mass is 35.5. The maximum atomic E-state index is 12.5.